The fourth-order valence-corrected chi connectivity index (χ4v) is 3.55. The summed E-state index contributed by atoms with van der Waals surface area (Å²) < 4.78 is 16.9. The Hall–Kier alpha value is -4.32. The number of rotatable bonds is 6. The fraction of sp³-hybridized carbons (Fsp3) is 0.0769. The van der Waals surface area contributed by atoms with Crippen LogP contribution in [0.15, 0.2) is 89.3 Å². The second-order valence-corrected chi connectivity index (χ2v) is 7.25. The molecule has 158 valence electrons. The quantitative estimate of drug-likeness (QED) is 0.380. The summed E-state index contributed by atoms with van der Waals surface area (Å²) in [5, 5.41) is 4.90. The van der Waals surface area contributed by atoms with Crippen LogP contribution in [-0.4, -0.2) is 24.6 Å². The minimum absolute atomic E-state index is 0.0963. The zero-order valence-corrected chi connectivity index (χ0v) is 17.4. The molecule has 1 heterocycles. The second kappa shape index (κ2) is 8.43. The van der Waals surface area contributed by atoms with Crippen LogP contribution in [0.25, 0.3) is 33.3 Å². The highest BCUT2D eigenvalue weighted by atomic mass is 16.5. The Kier molecular flexibility index (Phi) is 5.17. The third-order valence-corrected chi connectivity index (χ3v) is 5.10. The average molecular weight is 424 g/mol. The molecule has 0 fully saturated rings. The molecular weight excluding hydrogens is 404 g/mol. The van der Waals surface area contributed by atoms with Crippen LogP contribution in [0.3, 0.4) is 0 Å². The van der Waals surface area contributed by atoms with E-state index in [1.54, 1.807) is 7.11 Å². The predicted octanol–water partition coefficient (Wildman–Crippen LogP) is 5.67. The third-order valence-electron chi connectivity index (χ3n) is 5.10. The number of anilines is 1. The molecule has 0 radical (unpaired) electrons. The molecule has 0 spiro atoms. The largest absolute Gasteiger partial charge is 0.497 e. The van der Waals surface area contributed by atoms with Crippen LogP contribution in [0.4, 0.5) is 5.69 Å². The number of carbonyl (C=O) groups is 1. The van der Waals surface area contributed by atoms with Crippen LogP contribution in [0.2, 0.25) is 0 Å². The third kappa shape index (κ3) is 3.98. The fourth-order valence-electron chi connectivity index (χ4n) is 3.55. The smallest absolute Gasteiger partial charge is 0.262 e. The molecule has 0 unspecified atom stereocenters. The molecule has 5 rings (SSSR count). The van der Waals surface area contributed by atoms with Crippen molar-refractivity contribution in [3.8, 4) is 23.0 Å². The summed E-state index contributed by atoms with van der Waals surface area (Å²) in [4.78, 5) is 17.0. The minimum Gasteiger partial charge on any atom is -0.497 e. The summed E-state index contributed by atoms with van der Waals surface area (Å²) in [6.45, 7) is -0.0963. The molecule has 1 aromatic heterocycles. The van der Waals surface area contributed by atoms with Gasteiger partial charge in [0.1, 0.15) is 17.0 Å². The van der Waals surface area contributed by atoms with E-state index in [1.807, 2.05) is 84.9 Å². The van der Waals surface area contributed by atoms with Crippen LogP contribution >= 0.6 is 0 Å². The number of hydrogen-bond acceptors (Lipinski definition) is 5. The maximum atomic E-state index is 12.5. The Morgan fingerprint density at radius 2 is 1.81 bits per heavy atom. The predicted molar refractivity (Wildman–Crippen MR) is 124 cm³/mol. The van der Waals surface area contributed by atoms with Crippen molar-refractivity contribution in [1.29, 1.82) is 0 Å². The Balaban J connectivity index is 1.30. The standard InChI is InChI=1S/C26H20N2O4/c1-30-20-12-13-24-22(15-20)28-26(32-24)18-8-4-9-19(14-18)27-25(29)16-31-23-11-5-7-17-6-2-3-10-21(17)23/h2-15H,16H2,1H3,(H,27,29). The van der Waals surface area contributed by atoms with Gasteiger partial charge in [0.05, 0.1) is 7.11 Å². The summed E-state index contributed by atoms with van der Waals surface area (Å²) in [5.41, 5.74) is 2.76. The van der Waals surface area contributed by atoms with E-state index >= 15 is 0 Å². The Morgan fingerprint density at radius 3 is 2.72 bits per heavy atom. The van der Waals surface area contributed by atoms with Gasteiger partial charge < -0.3 is 19.2 Å². The number of fused-ring (bicyclic) bond motifs is 2. The molecule has 0 atom stereocenters. The highest BCUT2D eigenvalue weighted by Crippen LogP contribution is 2.28. The molecule has 1 N–H and O–H groups in total. The summed E-state index contributed by atoms with van der Waals surface area (Å²) in [6, 6.07) is 26.5. The summed E-state index contributed by atoms with van der Waals surface area (Å²) in [5.74, 6) is 1.60. The number of methoxy groups -OCH3 is 1. The summed E-state index contributed by atoms with van der Waals surface area (Å²) in [6.07, 6.45) is 0. The van der Waals surface area contributed by atoms with Crippen molar-refractivity contribution in [2.24, 2.45) is 0 Å². The number of hydrogen-bond donors (Lipinski definition) is 1. The van der Waals surface area contributed by atoms with Crippen molar-refractivity contribution in [3.63, 3.8) is 0 Å². The summed E-state index contributed by atoms with van der Waals surface area (Å²) >= 11 is 0. The molecule has 6 heteroatoms. The van der Waals surface area contributed by atoms with Gasteiger partial charge in [-0.1, -0.05) is 42.5 Å². The maximum Gasteiger partial charge on any atom is 0.262 e. The van der Waals surface area contributed by atoms with Gasteiger partial charge >= 0.3 is 0 Å². The Labute approximate surface area is 184 Å². The molecule has 5 aromatic rings. The van der Waals surface area contributed by atoms with Crippen LogP contribution in [0, 0.1) is 0 Å². The zero-order chi connectivity index (χ0) is 21.9. The first-order valence-electron chi connectivity index (χ1n) is 10.1. The molecule has 6 nitrogen and oxygen atoms in total. The van der Waals surface area contributed by atoms with Gasteiger partial charge in [0.25, 0.3) is 5.91 Å². The number of carbonyl (C=O) groups excluding carboxylic acids is 1. The highest BCUT2D eigenvalue weighted by Gasteiger charge is 2.11. The lowest BCUT2D eigenvalue weighted by Crippen LogP contribution is -2.20. The van der Waals surface area contributed by atoms with Crippen LogP contribution in [-0.2, 0) is 4.79 Å². The van der Waals surface area contributed by atoms with Gasteiger partial charge in [-0.2, -0.15) is 0 Å². The van der Waals surface area contributed by atoms with Gasteiger partial charge in [-0.3, -0.25) is 4.79 Å². The van der Waals surface area contributed by atoms with Gasteiger partial charge in [0, 0.05) is 22.7 Å². The number of benzene rings is 4. The number of ether oxygens (including phenoxy) is 2. The summed E-state index contributed by atoms with van der Waals surface area (Å²) in [7, 11) is 1.61. The van der Waals surface area contributed by atoms with Crippen molar-refractivity contribution in [1.82, 2.24) is 4.98 Å². The van der Waals surface area contributed by atoms with Gasteiger partial charge in [0.2, 0.25) is 5.89 Å². The first kappa shape index (κ1) is 19.6. The van der Waals surface area contributed by atoms with Gasteiger partial charge in [-0.15, -0.1) is 0 Å². The topological polar surface area (TPSA) is 73.6 Å². The van der Waals surface area contributed by atoms with E-state index in [0.717, 1.165) is 16.3 Å². The van der Waals surface area contributed by atoms with Gasteiger partial charge in [-0.05, 0) is 41.8 Å². The molecule has 1 amide bonds. The Morgan fingerprint density at radius 1 is 0.969 bits per heavy atom. The van der Waals surface area contributed by atoms with Gasteiger partial charge in [-0.25, -0.2) is 4.98 Å². The lowest BCUT2D eigenvalue weighted by Gasteiger charge is -2.10. The number of aromatic nitrogens is 1. The minimum atomic E-state index is -0.252. The lowest BCUT2D eigenvalue weighted by molar-refractivity contribution is -0.118. The molecule has 0 aliphatic heterocycles. The van der Waals surface area contributed by atoms with E-state index in [4.69, 9.17) is 13.9 Å². The molecule has 0 bridgehead atoms. The monoisotopic (exact) mass is 424 g/mol. The van der Waals surface area contributed by atoms with Crippen molar-refractivity contribution >= 4 is 33.5 Å². The first-order chi connectivity index (χ1) is 15.7. The van der Waals surface area contributed by atoms with Crippen molar-refractivity contribution in [2.45, 2.75) is 0 Å². The second-order valence-electron chi connectivity index (χ2n) is 7.25. The first-order valence-corrected chi connectivity index (χ1v) is 10.1. The normalized spacial score (nSPS) is 10.9. The van der Waals surface area contributed by atoms with Crippen LogP contribution < -0.4 is 14.8 Å². The molecule has 0 saturated carbocycles. The SMILES string of the molecule is COc1ccc2oc(-c3cccc(NC(=O)COc4cccc5ccccc45)c3)nc2c1. The van der Waals surface area contributed by atoms with Crippen molar-refractivity contribution < 1.29 is 18.7 Å². The highest BCUT2D eigenvalue weighted by molar-refractivity contribution is 5.93. The Bertz CT molecular complexity index is 1420. The number of oxazole rings is 1. The molecular formula is C26H20N2O4. The van der Waals surface area contributed by atoms with Crippen molar-refractivity contribution in [2.75, 3.05) is 19.0 Å². The van der Waals surface area contributed by atoms with E-state index in [1.165, 1.54) is 0 Å². The number of amides is 1. The van der Waals surface area contributed by atoms with Crippen LogP contribution in [0.1, 0.15) is 0 Å². The van der Waals surface area contributed by atoms with Gasteiger partial charge in [0.15, 0.2) is 12.2 Å². The molecule has 0 saturated heterocycles. The van der Waals surface area contributed by atoms with E-state index in [0.29, 0.717) is 34.2 Å². The maximum absolute atomic E-state index is 12.5. The molecule has 4 aromatic carbocycles. The van der Waals surface area contributed by atoms with Crippen LogP contribution in [0.5, 0.6) is 11.5 Å². The molecule has 0 aliphatic rings. The average Bonchev–Trinajstić information content (AvgIpc) is 3.26. The van der Waals surface area contributed by atoms with E-state index < -0.39 is 0 Å². The molecule has 0 aliphatic carbocycles. The molecule has 32 heavy (non-hydrogen) atoms. The van der Waals surface area contributed by atoms with E-state index in [-0.39, 0.29) is 12.5 Å². The number of nitrogens with one attached hydrogen (secondary N) is 1. The zero-order valence-electron chi connectivity index (χ0n) is 17.4. The van der Waals surface area contributed by atoms with E-state index in [9.17, 15) is 4.79 Å². The van der Waals surface area contributed by atoms with Crippen molar-refractivity contribution in [3.05, 3.63) is 84.9 Å². The van der Waals surface area contributed by atoms with E-state index in [2.05, 4.69) is 10.3 Å². The number of nitrogens with zero attached hydrogens (tertiary/aromatic N) is 1. The lowest BCUT2D eigenvalue weighted by atomic mass is 10.1.